The van der Waals surface area contributed by atoms with E-state index in [1.54, 1.807) is 0 Å². The molecule has 1 heterocycles. The molecule has 1 aromatic heterocycles. The molecule has 0 saturated heterocycles. The molecule has 1 rings (SSSR count). The first kappa shape index (κ1) is 14.4. The maximum atomic E-state index is 11.6. The van der Waals surface area contributed by atoms with Crippen molar-refractivity contribution in [1.82, 2.24) is 10.3 Å². The number of primary amides is 1. The van der Waals surface area contributed by atoms with Crippen LogP contribution in [0.2, 0.25) is 0 Å². The van der Waals surface area contributed by atoms with Crippen molar-refractivity contribution in [3.63, 3.8) is 0 Å². The highest BCUT2D eigenvalue weighted by Crippen LogP contribution is 2.09. The molecule has 1 aromatic rings. The van der Waals surface area contributed by atoms with Gasteiger partial charge in [0.1, 0.15) is 5.54 Å². The second-order valence-electron chi connectivity index (χ2n) is 4.34. The fourth-order valence-electron chi connectivity index (χ4n) is 1.13. The van der Waals surface area contributed by atoms with Crippen LogP contribution in [0, 0.1) is 0 Å². The number of hydrogen-bond acceptors (Lipinski definition) is 4. The summed E-state index contributed by atoms with van der Waals surface area (Å²) in [7, 11) is 0. The summed E-state index contributed by atoms with van der Waals surface area (Å²) in [5.74, 6) is -1.85. The van der Waals surface area contributed by atoms with Crippen LogP contribution in [0.5, 0.6) is 0 Å². The molecular formula is C11H14N4O4. The van der Waals surface area contributed by atoms with Crippen LogP contribution in [0.25, 0.3) is 0 Å². The van der Waals surface area contributed by atoms with Crippen molar-refractivity contribution in [2.24, 2.45) is 5.73 Å². The number of carbonyl (C=O) groups is 3. The number of nitrogens with two attached hydrogens (primary N) is 1. The predicted octanol–water partition coefficient (Wildman–Crippen LogP) is 0.165. The van der Waals surface area contributed by atoms with Crippen LogP contribution in [-0.4, -0.2) is 33.5 Å². The van der Waals surface area contributed by atoms with E-state index in [1.165, 1.54) is 26.1 Å². The lowest BCUT2D eigenvalue weighted by molar-refractivity contribution is -0.122. The number of aromatic carboxylic acids is 1. The Hall–Kier alpha value is -2.64. The number of nitrogens with zero attached hydrogens (tertiary/aromatic N) is 1. The molecule has 0 radical (unpaired) electrons. The van der Waals surface area contributed by atoms with E-state index >= 15 is 0 Å². The molecule has 0 spiro atoms. The number of carboxylic acid groups (broad SMARTS) is 1. The number of aromatic nitrogens is 1. The van der Waals surface area contributed by atoms with E-state index in [-0.39, 0.29) is 11.3 Å². The standard InChI is InChI=1S/C11H14N4O4/c1-11(2,9(12)18)15-10(19)14-7-3-6(8(16)17)4-13-5-7/h3-5H,1-2H3,(H2,12,18)(H,16,17)(H2,14,15,19). The van der Waals surface area contributed by atoms with E-state index in [0.717, 1.165) is 6.20 Å². The lowest BCUT2D eigenvalue weighted by Crippen LogP contribution is -2.54. The van der Waals surface area contributed by atoms with E-state index < -0.39 is 23.4 Å². The Bertz CT molecular complexity index is 527. The Balaban J connectivity index is 2.75. The highest BCUT2D eigenvalue weighted by Gasteiger charge is 2.26. The number of anilines is 1. The second kappa shape index (κ2) is 5.34. The molecule has 8 nitrogen and oxygen atoms in total. The zero-order valence-electron chi connectivity index (χ0n) is 10.4. The Morgan fingerprint density at radius 3 is 2.47 bits per heavy atom. The topological polar surface area (TPSA) is 134 Å². The van der Waals surface area contributed by atoms with Gasteiger partial charge in [-0.2, -0.15) is 0 Å². The number of carbonyl (C=O) groups excluding carboxylic acids is 2. The number of nitrogens with one attached hydrogen (secondary N) is 2. The fourth-order valence-corrected chi connectivity index (χ4v) is 1.13. The third-order valence-corrected chi connectivity index (χ3v) is 2.29. The summed E-state index contributed by atoms with van der Waals surface area (Å²) in [5, 5.41) is 13.5. The van der Waals surface area contributed by atoms with Gasteiger partial charge in [0.25, 0.3) is 0 Å². The van der Waals surface area contributed by atoms with Gasteiger partial charge in [-0.15, -0.1) is 0 Å². The second-order valence-corrected chi connectivity index (χ2v) is 4.34. The number of hydrogen-bond donors (Lipinski definition) is 4. The highest BCUT2D eigenvalue weighted by atomic mass is 16.4. The molecule has 8 heteroatoms. The Morgan fingerprint density at radius 1 is 1.32 bits per heavy atom. The van der Waals surface area contributed by atoms with E-state index in [4.69, 9.17) is 10.8 Å². The van der Waals surface area contributed by atoms with Gasteiger partial charge in [0, 0.05) is 6.20 Å². The van der Waals surface area contributed by atoms with Gasteiger partial charge in [-0.1, -0.05) is 0 Å². The molecule has 102 valence electrons. The molecule has 0 atom stereocenters. The first-order valence-corrected chi connectivity index (χ1v) is 5.30. The summed E-state index contributed by atoms with van der Waals surface area (Å²) in [5.41, 5.74) is 4.01. The van der Waals surface area contributed by atoms with E-state index in [1.807, 2.05) is 0 Å². The molecule has 0 aromatic carbocycles. The average Bonchev–Trinajstić information content (AvgIpc) is 2.28. The van der Waals surface area contributed by atoms with Crippen molar-refractivity contribution >= 4 is 23.6 Å². The Morgan fingerprint density at radius 2 is 1.95 bits per heavy atom. The first-order valence-electron chi connectivity index (χ1n) is 5.30. The van der Waals surface area contributed by atoms with Crippen LogP contribution in [0.3, 0.4) is 0 Å². The molecule has 3 amide bonds. The van der Waals surface area contributed by atoms with Gasteiger partial charge < -0.3 is 21.5 Å². The molecule has 5 N–H and O–H groups in total. The van der Waals surface area contributed by atoms with Crippen molar-refractivity contribution in [2.75, 3.05) is 5.32 Å². The molecule has 0 fully saturated rings. The minimum absolute atomic E-state index is 0.0630. The lowest BCUT2D eigenvalue weighted by Gasteiger charge is -2.22. The number of amides is 3. The summed E-state index contributed by atoms with van der Waals surface area (Å²) in [6.45, 7) is 2.89. The summed E-state index contributed by atoms with van der Waals surface area (Å²) in [6, 6.07) is 0.555. The van der Waals surface area contributed by atoms with Crippen LogP contribution in [-0.2, 0) is 4.79 Å². The zero-order chi connectivity index (χ0) is 14.6. The minimum atomic E-state index is -1.22. The van der Waals surface area contributed by atoms with Crippen LogP contribution in [0.15, 0.2) is 18.5 Å². The molecule has 0 aliphatic carbocycles. The van der Waals surface area contributed by atoms with Crippen LogP contribution < -0.4 is 16.4 Å². The van der Waals surface area contributed by atoms with E-state index in [2.05, 4.69) is 15.6 Å². The predicted molar refractivity (Wildman–Crippen MR) is 66.6 cm³/mol. The van der Waals surface area contributed by atoms with Gasteiger partial charge in [-0.05, 0) is 19.9 Å². The number of rotatable bonds is 4. The van der Waals surface area contributed by atoms with E-state index in [0.29, 0.717) is 0 Å². The van der Waals surface area contributed by atoms with Gasteiger partial charge >= 0.3 is 12.0 Å². The Labute approximate surface area is 109 Å². The third-order valence-electron chi connectivity index (χ3n) is 2.29. The van der Waals surface area contributed by atoms with Gasteiger partial charge in [-0.3, -0.25) is 9.78 Å². The van der Waals surface area contributed by atoms with Crippen molar-refractivity contribution in [1.29, 1.82) is 0 Å². The summed E-state index contributed by atoms with van der Waals surface area (Å²) in [4.78, 5) is 37.1. The van der Waals surface area contributed by atoms with Crippen molar-refractivity contribution in [2.45, 2.75) is 19.4 Å². The van der Waals surface area contributed by atoms with Gasteiger partial charge in [0.05, 0.1) is 17.4 Å². The summed E-state index contributed by atoms with van der Waals surface area (Å²) >= 11 is 0. The maximum Gasteiger partial charge on any atom is 0.337 e. The minimum Gasteiger partial charge on any atom is -0.478 e. The normalized spacial score (nSPS) is 10.6. The zero-order valence-corrected chi connectivity index (χ0v) is 10.4. The summed E-state index contributed by atoms with van der Waals surface area (Å²) in [6.07, 6.45) is 2.43. The number of urea groups is 1. The largest absolute Gasteiger partial charge is 0.478 e. The fraction of sp³-hybridized carbons (Fsp3) is 0.273. The van der Waals surface area contributed by atoms with Crippen molar-refractivity contribution in [3.05, 3.63) is 24.0 Å². The SMILES string of the molecule is CC(C)(NC(=O)Nc1cncc(C(=O)O)c1)C(N)=O. The van der Waals surface area contributed by atoms with Crippen molar-refractivity contribution in [3.8, 4) is 0 Å². The molecule has 0 aliphatic rings. The highest BCUT2D eigenvalue weighted by molar-refractivity contribution is 5.96. The number of carboxylic acids is 1. The molecular weight excluding hydrogens is 252 g/mol. The van der Waals surface area contributed by atoms with Gasteiger partial charge in [0.15, 0.2) is 0 Å². The number of pyridine rings is 1. The average molecular weight is 266 g/mol. The molecule has 0 saturated carbocycles. The lowest BCUT2D eigenvalue weighted by atomic mass is 10.1. The maximum absolute atomic E-state index is 11.6. The van der Waals surface area contributed by atoms with Gasteiger partial charge in [-0.25, -0.2) is 9.59 Å². The smallest absolute Gasteiger partial charge is 0.337 e. The van der Waals surface area contributed by atoms with E-state index in [9.17, 15) is 14.4 Å². The van der Waals surface area contributed by atoms with Crippen LogP contribution >= 0.6 is 0 Å². The molecule has 0 aliphatic heterocycles. The quantitative estimate of drug-likeness (QED) is 0.616. The summed E-state index contributed by atoms with van der Waals surface area (Å²) < 4.78 is 0. The third kappa shape index (κ3) is 3.95. The Kier molecular flexibility index (Phi) is 4.05. The molecule has 0 unspecified atom stereocenters. The molecule has 0 bridgehead atoms. The van der Waals surface area contributed by atoms with Crippen LogP contribution in [0.1, 0.15) is 24.2 Å². The monoisotopic (exact) mass is 266 g/mol. The van der Waals surface area contributed by atoms with Crippen LogP contribution in [0.4, 0.5) is 10.5 Å². The van der Waals surface area contributed by atoms with Gasteiger partial charge in [0.2, 0.25) is 5.91 Å². The van der Waals surface area contributed by atoms with Crippen molar-refractivity contribution < 1.29 is 19.5 Å². The molecule has 19 heavy (non-hydrogen) atoms. The first-order chi connectivity index (χ1) is 8.72.